The number of likely N-dealkylation sites (tertiary alicyclic amines) is 1. The molecule has 2 fully saturated rings. The molecule has 7 heteroatoms. The van der Waals surface area contributed by atoms with Gasteiger partial charge in [0.2, 0.25) is 5.91 Å². The fourth-order valence-corrected chi connectivity index (χ4v) is 3.88. The number of carbonyl (C=O) groups is 1. The molecule has 0 aromatic carbocycles. The van der Waals surface area contributed by atoms with E-state index in [4.69, 9.17) is 4.74 Å². The van der Waals surface area contributed by atoms with Crippen LogP contribution in [0.2, 0.25) is 0 Å². The van der Waals surface area contributed by atoms with E-state index in [1.54, 1.807) is 0 Å². The summed E-state index contributed by atoms with van der Waals surface area (Å²) in [5, 5.41) is 8.73. The lowest BCUT2D eigenvalue weighted by molar-refractivity contribution is -0.128. The van der Waals surface area contributed by atoms with Crippen LogP contribution in [0.5, 0.6) is 0 Å². The zero-order chi connectivity index (χ0) is 15.6. The van der Waals surface area contributed by atoms with Crippen molar-refractivity contribution in [2.45, 2.75) is 45.3 Å². The van der Waals surface area contributed by atoms with Crippen molar-refractivity contribution in [1.29, 1.82) is 0 Å². The first-order valence-corrected chi connectivity index (χ1v) is 8.78. The monoisotopic (exact) mass is 319 g/mol. The SMILES string of the molecule is O=C1CCCN1Cc1nnc2n1CCN(CC1CCOCC1)C2. The van der Waals surface area contributed by atoms with E-state index in [0.29, 0.717) is 13.0 Å². The van der Waals surface area contributed by atoms with Crippen molar-refractivity contribution in [2.75, 3.05) is 32.8 Å². The average molecular weight is 319 g/mol. The predicted octanol–water partition coefficient (Wildman–Crippen LogP) is 0.643. The molecule has 2 saturated heterocycles. The summed E-state index contributed by atoms with van der Waals surface area (Å²) in [6.07, 6.45) is 4.00. The highest BCUT2D eigenvalue weighted by Crippen LogP contribution is 2.21. The third-order valence-corrected chi connectivity index (χ3v) is 5.27. The van der Waals surface area contributed by atoms with Gasteiger partial charge in [-0.3, -0.25) is 9.69 Å². The highest BCUT2D eigenvalue weighted by Gasteiger charge is 2.27. The van der Waals surface area contributed by atoms with Crippen molar-refractivity contribution < 1.29 is 9.53 Å². The normalized spacial score (nSPS) is 23.5. The Labute approximate surface area is 136 Å². The molecular weight excluding hydrogens is 294 g/mol. The summed E-state index contributed by atoms with van der Waals surface area (Å²) in [5.41, 5.74) is 0. The van der Waals surface area contributed by atoms with Gasteiger partial charge in [-0.25, -0.2) is 0 Å². The number of hydrogen-bond donors (Lipinski definition) is 0. The Kier molecular flexibility index (Phi) is 4.31. The molecule has 0 bridgehead atoms. The molecule has 1 amide bonds. The second kappa shape index (κ2) is 6.57. The third-order valence-electron chi connectivity index (χ3n) is 5.27. The predicted molar refractivity (Wildman–Crippen MR) is 83.5 cm³/mol. The summed E-state index contributed by atoms with van der Waals surface area (Å²) in [5.74, 6) is 2.99. The maximum Gasteiger partial charge on any atom is 0.223 e. The molecular formula is C16H25N5O2. The van der Waals surface area contributed by atoms with Crippen molar-refractivity contribution >= 4 is 5.91 Å². The molecule has 4 heterocycles. The molecule has 3 aliphatic heterocycles. The number of hydrogen-bond acceptors (Lipinski definition) is 5. The van der Waals surface area contributed by atoms with E-state index in [0.717, 1.165) is 69.9 Å². The van der Waals surface area contributed by atoms with Crippen molar-refractivity contribution in [3.8, 4) is 0 Å². The maximum absolute atomic E-state index is 11.8. The van der Waals surface area contributed by atoms with Gasteiger partial charge in [-0.15, -0.1) is 10.2 Å². The van der Waals surface area contributed by atoms with Crippen molar-refractivity contribution in [3.63, 3.8) is 0 Å². The Morgan fingerprint density at radius 3 is 2.78 bits per heavy atom. The van der Waals surface area contributed by atoms with Crippen LogP contribution < -0.4 is 0 Å². The van der Waals surface area contributed by atoms with Crippen molar-refractivity contribution in [1.82, 2.24) is 24.6 Å². The lowest BCUT2D eigenvalue weighted by Gasteiger charge is -2.32. The summed E-state index contributed by atoms with van der Waals surface area (Å²) in [6, 6.07) is 0. The topological polar surface area (TPSA) is 63.5 Å². The van der Waals surface area contributed by atoms with E-state index in [1.807, 2.05) is 4.90 Å². The number of amides is 1. The summed E-state index contributed by atoms with van der Waals surface area (Å²) in [6.45, 7) is 7.27. The van der Waals surface area contributed by atoms with Crippen LogP contribution in [0.3, 0.4) is 0 Å². The Morgan fingerprint density at radius 1 is 1.13 bits per heavy atom. The minimum absolute atomic E-state index is 0.249. The first-order chi connectivity index (χ1) is 11.3. The number of ether oxygens (including phenoxy) is 1. The molecule has 4 rings (SSSR count). The summed E-state index contributed by atoms with van der Waals surface area (Å²) < 4.78 is 7.66. The van der Waals surface area contributed by atoms with Gasteiger partial charge < -0.3 is 14.2 Å². The van der Waals surface area contributed by atoms with Gasteiger partial charge >= 0.3 is 0 Å². The number of rotatable bonds is 4. The largest absolute Gasteiger partial charge is 0.381 e. The van der Waals surface area contributed by atoms with Crippen LogP contribution in [0.25, 0.3) is 0 Å². The fraction of sp³-hybridized carbons (Fsp3) is 0.812. The van der Waals surface area contributed by atoms with Crippen LogP contribution in [0.1, 0.15) is 37.3 Å². The van der Waals surface area contributed by atoms with E-state index in [9.17, 15) is 4.79 Å². The zero-order valence-electron chi connectivity index (χ0n) is 13.6. The molecule has 1 aromatic heterocycles. The Hall–Kier alpha value is -1.47. The van der Waals surface area contributed by atoms with Gasteiger partial charge in [0.25, 0.3) is 0 Å². The smallest absolute Gasteiger partial charge is 0.223 e. The van der Waals surface area contributed by atoms with E-state index in [-0.39, 0.29) is 5.91 Å². The Balaban J connectivity index is 1.37. The standard InChI is InChI=1S/C16H25N5O2/c22-16-2-1-5-20(16)12-15-18-17-14-11-19(6-7-21(14)15)10-13-3-8-23-9-4-13/h13H,1-12H2. The van der Waals surface area contributed by atoms with E-state index < -0.39 is 0 Å². The first-order valence-electron chi connectivity index (χ1n) is 8.78. The highest BCUT2D eigenvalue weighted by molar-refractivity contribution is 5.77. The number of fused-ring (bicyclic) bond motifs is 1. The van der Waals surface area contributed by atoms with Crippen LogP contribution in [0.4, 0.5) is 0 Å². The number of carbonyl (C=O) groups excluding carboxylic acids is 1. The van der Waals surface area contributed by atoms with Gasteiger partial charge in [0.15, 0.2) is 5.82 Å². The third kappa shape index (κ3) is 3.26. The lowest BCUT2D eigenvalue weighted by atomic mass is 9.99. The summed E-state index contributed by atoms with van der Waals surface area (Å²) in [7, 11) is 0. The van der Waals surface area contributed by atoms with E-state index >= 15 is 0 Å². The second-order valence-electron chi connectivity index (χ2n) is 6.89. The van der Waals surface area contributed by atoms with Gasteiger partial charge in [0.1, 0.15) is 5.82 Å². The van der Waals surface area contributed by atoms with Crippen LogP contribution in [0.15, 0.2) is 0 Å². The lowest BCUT2D eigenvalue weighted by Crippen LogP contribution is -2.39. The molecule has 0 saturated carbocycles. The van der Waals surface area contributed by atoms with Gasteiger partial charge in [-0.2, -0.15) is 0 Å². The molecule has 0 radical (unpaired) electrons. The molecule has 0 aliphatic carbocycles. The van der Waals surface area contributed by atoms with Crippen LogP contribution >= 0.6 is 0 Å². The molecule has 126 valence electrons. The van der Waals surface area contributed by atoms with Crippen LogP contribution in [-0.4, -0.2) is 63.3 Å². The molecule has 7 nitrogen and oxygen atoms in total. The van der Waals surface area contributed by atoms with Crippen molar-refractivity contribution in [3.05, 3.63) is 11.6 Å². The minimum Gasteiger partial charge on any atom is -0.381 e. The molecule has 1 aromatic rings. The molecule has 0 spiro atoms. The molecule has 3 aliphatic rings. The summed E-state index contributed by atoms with van der Waals surface area (Å²) >= 11 is 0. The summed E-state index contributed by atoms with van der Waals surface area (Å²) in [4.78, 5) is 16.2. The van der Waals surface area contributed by atoms with Gasteiger partial charge in [0, 0.05) is 45.8 Å². The van der Waals surface area contributed by atoms with Crippen molar-refractivity contribution in [2.24, 2.45) is 5.92 Å². The van der Waals surface area contributed by atoms with E-state index in [1.165, 1.54) is 12.8 Å². The number of aromatic nitrogens is 3. The Bertz CT molecular complexity index is 567. The second-order valence-corrected chi connectivity index (χ2v) is 6.89. The van der Waals surface area contributed by atoms with Gasteiger partial charge in [0.05, 0.1) is 13.1 Å². The zero-order valence-corrected chi connectivity index (χ0v) is 13.6. The number of nitrogens with zero attached hydrogens (tertiary/aromatic N) is 5. The van der Waals surface area contributed by atoms with Crippen LogP contribution in [0, 0.1) is 5.92 Å². The minimum atomic E-state index is 0.249. The van der Waals surface area contributed by atoms with Crippen LogP contribution in [-0.2, 0) is 29.2 Å². The molecule has 0 unspecified atom stereocenters. The Morgan fingerprint density at radius 2 is 2.00 bits per heavy atom. The first kappa shape index (κ1) is 15.1. The molecule has 0 atom stereocenters. The highest BCUT2D eigenvalue weighted by atomic mass is 16.5. The van der Waals surface area contributed by atoms with E-state index in [2.05, 4.69) is 19.7 Å². The maximum atomic E-state index is 11.8. The average Bonchev–Trinajstić information content (AvgIpc) is 3.16. The molecule has 23 heavy (non-hydrogen) atoms. The fourth-order valence-electron chi connectivity index (χ4n) is 3.88. The quantitative estimate of drug-likeness (QED) is 0.815. The van der Waals surface area contributed by atoms with Gasteiger partial charge in [-0.1, -0.05) is 0 Å². The molecule has 0 N–H and O–H groups in total. The van der Waals surface area contributed by atoms with Gasteiger partial charge in [-0.05, 0) is 25.2 Å².